The molecule has 0 aliphatic carbocycles. The van der Waals surface area contributed by atoms with Crippen LogP contribution < -0.4 is 10.6 Å². The largest absolute Gasteiger partial charge is 0.340 e. The van der Waals surface area contributed by atoms with Crippen molar-refractivity contribution >= 4 is 40.7 Å². The number of terminal acetylenes is 1. The van der Waals surface area contributed by atoms with Crippen molar-refractivity contribution in [2.24, 2.45) is 5.92 Å². The van der Waals surface area contributed by atoms with Gasteiger partial charge in [-0.05, 0) is 48.7 Å². The Morgan fingerprint density at radius 3 is 2.52 bits per heavy atom. The molecule has 140 valence electrons. The van der Waals surface area contributed by atoms with Gasteiger partial charge in [0.25, 0.3) is 5.91 Å². The van der Waals surface area contributed by atoms with Crippen LogP contribution in [0.15, 0.2) is 42.5 Å². The highest BCUT2D eigenvalue weighted by Gasteiger charge is 2.23. The maximum Gasteiger partial charge on any atom is 0.253 e. The summed E-state index contributed by atoms with van der Waals surface area (Å²) in [4.78, 5) is 25.3. The highest BCUT2D eigenvalue weighted by molar-refractivity contribution is 6.36. The van der Waals surface area contributed by atoms with E-state index >= 15 is 0 Å². The van der Waals surface area contributed by atoms with Crippen LogP contribution in [0.5, 0.6) is 0 Å². The smallest absolute Gasteiger partial charge is 0.253 e. The Morgan fingerprint density at radius 1 is 1.15 bits per heavy atom. The number of nitrogens with one attached hydrogen (secondary N) is 2. The average molecular weight is 403 g/mol. The Bertz CT molecular complexity index is 888. The first-order valence-electron chi connectivity index (χ1n) is 8.43. The fraction of sp³-hybridized carbons (Fsp3) is 0.238. The van der Waals surface area contributed by atoms with Crippen LogP contribution in [-0.2, 0) is 4.79 Å². The molecule has 0 heterocycles. The van der Waals surface area contributed by atoms with Gasteiger partial charge in [0.05, 0.1) is 10.6 Å². The van der Waals surface area contributed by atoms with Gasteiger partial charge in [-0.2, -0.15) is 0 Å². The lowest BCUT2D eigenvalue weighted by Gasteiger charge is -2.20. The monoisotopic (exact) mass is 402 g/mol. The predicted molar refractivity (Wildman–Crippen MR) is 110 cm³/mol. The highest BCUT2D eigenvalue weighted by atomic mass is 35.5. The lowest BCUT2D eigenvalue weighted by atomic mass is 10.0. The number of benzene rings is 2. The number of halogens is 2. The number of amides is 2. The normalized spacial score (nSPS) is 11.6. The molecule has 4 nitrogen and oxygen atoms in total. The summed E-state index contributed by atoms with van der Waals surface area (Å²) in [5, 5.41) is 6.21. The third kappa shape index (κ3) is 6.02. The van der Waals surface area contributed by atoms with E-state index in [1.807, 2.05) is 13.8 Å². The first-order chi connectivity index (χ1) is 12.8. The second-order valence-electron chi connectivity index (χ2n) is 6.49. The van der Waals surface area contributed by atoms with E-state index < -0.39 is 11.9 Å². The zero-order chi connectivity index (χ0) is 20.0. The Hall–Kier alpha value is -2.48. The van der Waals surface area contributed by atoms with Crippen LogP contribution in [0, 0.1) is 18.3 Å². The van der Waals surface area contributed by atoms with Gasteiger partial charge in [0, 0.05) is 16.3 Å². The van der Waals surface area contributed by atoms with Gasteiger partial charge >= 0.3 is 0 Å². The number of anilines is 1. The van der Waals surface area contributed by atoms with E-state index in [9.17, 15) is 9.59 Å². The molecule has 27 heavy (non-hydrogen) atoms. The van der Waals surface area contributed by atoms with Crippen molar-refractivity contribution in [3.63, 3.8) is 0 Å². The summed E-state index contributed by atoms with van der Waals surface area (Å²) >= 11 is 12.0. The molecule has 0 fully saturated rings. The van der Waals surface area contributed by atoms with E-state index in [0.717, 1.165) is 0 Å². The Balaban J connectivity index is 2.17. The molecule has 0 bridgehead atoms. The Morgan fingerprint density at radius 2 is 1.89 bits per heavy atom. The van der Waals surface area contributed by atoms with Crippen molar-refractivity contribution < 1.29 is 9.59 Å². The van der Waals surface area contributed by atoms with Crippen LogP contribution in [0.3, 0.4) is 0 Å². The number of rotatable bonds is 6. The van der Waals surface area contributed by atoms with Gasteiger partial charge < -0.3 is 10.6 Å². The molecule has 6 heteroatoms. The first-order valence-corrected chi connectivity index (χ1v) is 9.19. The van der Waals surface area contributed by atoms with Crippen LogP contribution in [0.2, 0.25) is 10.0 Å². The van der Waals surface area contributed by atoms with Crippen molar-refractivity contribution in [2.75, 3.05) is 5.32 Å². The van der Waals surface area contributed by atoms with E-state index in [2.05, 4.69) is 16.6 Å². The number of hydrogen-bond acceptors (Lipinski definition) is 2. The van der Waals surface area contributed by atoms with Crippen LogP contribution in [0.1, 0.15) is 36.2 Å². The van der Waals surface area contributed by atoms with E-state index in [0.29, 0.717) is 22.7 Å². The van der Waals surface area contributed by atoms with Crippen LogP contribution in [0.25, 0.3) is 0 Å². The van der Waals surface area contributed by atoms with Gasteiger partial charge in [0.15, 0.2) is 0 Å². The van der Waals surface area contributed by atoms with Gasteiger partial charge in [-0.25, -0.2) is 0 Å². The summed E-state index contributed by atoms with van der Waals surface area (Å²) in [6.45, 7) is 3.95. The zero-order valence-corrected chi connectivity index (χ0v) is 16.6. The lowest BCUT2D eigenvalue weighted by molar-refractivity contribution is -0.118. The summed E-state index contributed by atoms with van der Waals surface area (Å²) in [5.41, 5.74) is 1.49. The Kier molecular flexibility index (Phi) is 7.29. The van der Waals surface area contributed by atoms with Gasteiger partial charge in [-0.1, -0.05) is 49.0 Å². The maximum absolute atomic E-state index is 12.7. The standard InChI is InChI=1S/C21H20Cl2N2O2/c1-4-14-6-5-7-16(11-14)24-21(27)19(10-13(2)3)25-20(26)17-9-8-15(22)12-18(17)23/h1,5-9,11-13,19H,10H2,2-3H3,(H,24,27)(H,25,26). The van der Waals surface area contributed by atoms with Crippen molar-refractivity contribution in [1.29, 1.82) is 0 Å². The molecule has 2 N–H and O–H groups in total. The summed E-state index contributed by atoms with van der Waals surface area (Å²) in [6, 6.07) is 10.8. The van der Waals surface area contributed by atoms with Gasteiger partial charge in [-0.3, -0.25) is 9.59 Å². The lowest BCUT2D eigenvalue weighted by Crippen LogP contribution is -2.44. The van der Waals surface area contributed by atoms with Crippen molar-refractivity contribution in [2.45, 2.75) is 26.3 Å². The third-order valence-electron chi connectivity index (χ3n) is 3.80. The second-order valence-corrected chi connectivity index (χ2v) is 7.34. The molecule has 2 rings (SSSR count). The molecule has 2 aromatic rings. The number of hydrogen-bond donors (Lipinski definition) is 2. The minimum absolute atomic E-state index is 0.193. The fourth-order valence-electron chi connectivity index (χ4n) is 2.53. The van der Waals surface area contributed by atoms with Gasteiger partial charge in [0.2, 0.25) is 5.91 Å². The topological polar surface area (TPSA) is 58.2 Å². The first kappa shape index (κ1) is 20.8. The molecule has 0 aliphatic rings. The SMILES string of the molecule is C#Cc1cccc(NC(=O)C(CC(C)C)NC(=O)c2ccc(Cl)cc2Cl)c1. The quantitative estimate of drug-likeness (QED) is 0.684. The van der Waals surface area contributed by atoms with Gasteiger partial charge in [-0.15, -0.1) is 6.42 Å². The number of carbonyl (C=O) groups is 2. The summed E-state index contributed by atoms with van der Waals surface area (Å²) < 4.78 is 0. The molecule has 2 amide bonds. The molecule has 0 spiro atoms. The molecule has 0 saturated heterocycles. The molecule has 0 saturated carbocycles. The molecule has 0 radical (unpaired) electrons. The van der Waals surface area contributed by atoms with Gasteiger partial charge in [0.1, 0.15) is 6.04 Å². The minimum atomic E-state index is -0.723. The van der Waals surface area contributed by atoms with E-state index in [-0.39, 0.29) is 22.4 Å². The number of carbonyl (C=O) groups excluding carboxylic acids is 2. The van der Waals surface area contributed by atoms with Crippen molar-refractivity contribution in [3.05, 3.63) is 63.6 Å². The van der Waals surface area contributed by atoms with Crippen molar-refractivity contribution in [3.8, 4) is 12.3 Å². The van der Waals surface area contributed by atoms with Crippen LogP contribution in [0.4, 0.5) is 5.69 Å². The Labute approximate surface area is 169 Å². The second kappa shape index (κ2) is 9.45. The average Bonchev–Trinajstić information content (AvgIpc) is 2.60. The molecular formula is C21H20Cl2N2O2. The molecular weight excluding hydrogens is 383 g/mol. The summed E-state index contributed by atoms with van der Waals surface area (Å²) in [5.74, 6) is 1.96. The summed E-state index contributed by atoms with van der Waals surface area (Å²) in [6.07, 6.45) is 5.86. The van der Waals surface area contributed by atoms with E-state index in [1.165, 1.54) is 12.1 Å². The van der Waals surface area contributed by atoms with E-state index in [1.54, 1.807) is 30.3 Å². The third-order valence-corrected chi connectivity index (χ3v) is 4.35. The predicted octanol–water partition coefficient (Wildman–Crippen LogP) is 4.76. The van der Waals surface area contributed by atoms with Crippen molar-refractivity contribution in [1.82, 2.24) is 5.32 Å². The maximum atomic E-state index is 12.7. The summed E-state index contributed by atoms with van der Waals surface area (Å²) in [7, 11) is 0. The molecule has 2 aromatic carbocycles. The molecule has 1 unspecified atom stereocenters. The molecule has 0 aliphatic heterocycles. The van der Waals surface area contributed by atoms with E-state index in [4.69, 9.17) is 29.6 Å². The molecule has 1 atom stereocenters. The molecule has 0 aromatic heterocycles. The minimum Gasteiger partial charge on any atom is -0.340 e. The fourth-order valence-corrected chi connectivity index (χ4v) is 3.02. The van der Waals surface area contributed by atoms with Crippen LogP contribution in [-0.4, -0.2) is 17.9 Å². The zero-order valence-electron chi connectivity index (χ0n) is 15.1. The highest BCUT2D eigenvalue weighted by Crippen LogP contribution is 2.21. The van der Waals surface area contributed by atoms with Crippen LogP contribution >= 0.6 is 23.2 Å².